The molecule has 19 heavy (non-hydrogen) atoms. The van der Waals surface area contributed by atoms with Gasteiger partial charge in [0.2, 0.25) is 0 Å². The van der Waals surface area contributed by atoms with Gasteiger partial charge in [0.05, 0.1) is 5.56 Å². The Morgan fingerprint density at radius 1 is 1.47 bits per heavy atom. The minimum Gasteiger partial charge on any atom is -0.336 e. The summed E-state index contributed by atoms with van der Waals surface area (Å²) in [5.41, 5.74) is 0.553. The van der Waals surface area contributed by atoms with E-state index in [1.165, 1.54) is 12.1 Å². The zero-order valence-electron chi connectivity index (χ0n) is 11.3. The van der Waals surface area contributed by atoms with E-state index in [2.05, 4.69) is 29.8 Å². The van der Waals surface area contributed by atoms with Crippen LogP contribution in [0.5, 0.6) is 0 Å². The summed E-state index contributed by atoms with van der Waals surface area (Å²) >= 11 is 3.28. The SMILES string of the molecule is CC(C)CCN(C(=O)c1ccc(F)cc1Br)C1CC1. The third-order valence-electron chi connectivity index (χ3n) is 3.36. The summed E-state index contributed by atoms with van der Waals surface area (Å²) in [6.45, 7) is 5.09. The van der Waals surface area contributed by atoms with E-state index in [9.17, 15) is 9.18 Å². The van der Waals surface area contributed by atoms with Gasteiger partial charge >= 0.3 is 0 Å². The first kappa shape index (κ1) is 14.5. The standard InChI is InChI=1S/C15H19BrFNO/c1-10(2)7-8-18(12-4-5-12)15(19)13-6-3-11(17)9-14(13)16/h3,6,9-10,12H,4-5,7-8H2,1-2H3. The molecular weight excluding hydrogens is 309 g/mol. The first-order valence-electron chi connectivity index (χ1n) is 6.75. The molecule has 4 heteroatoms. The quantitative estimate of drug-likeness (QED) is 0.792. The molecule has 1 fully saturated rings. The smallest absolute Gasteiger partial charge is 0.255 e. The minimum atomic E-state index is -0.330. The van der Waals surface area contributed by atoms with Crippen molar-refractivity contribution >= 4 is 21.8 Å². The molecule has 0 saturated heterocycles. The van der Waals surface area contributed by atoms with Crippen LogP contribution in [0.3, 0.4) is 0 Å². The number of nitrogens with zero attached hydrogens (tertiary/aromatic N) is 1. The summed E-state index contributed by atoms with van der Waals surface area (Å²) in [7, 11) is 0. The zero-order chi connectivity index (χ0) is 14.0. The Hall–Kier alpha value is -0.900. The number of hydrogen-bond donors (Lipinski definition) is 0. The van der Waals surface area contributed by atoms with E-state index in [0.29, 0.717) is 22.0 Å². The molecule has 1 saturated carbocycles. The monoisotopic (exact) mass is 327 g/mol. The molecule has 104 valence electrons. The molecule has 1 aromatic rings. The van der Waals surface area contributed by atoms with Crippen LogP contribution in [0.15, 0.2) is 22.7 Å². The molecule has 0 unspecified atom stereocenters. The molecule has 1 aliphatic carbocycles. The predicted molar refractivity (Wildman–Crippen MR) is 77.6 cm³/mol. The van der Waals surface area contributed by atoms with E-state index in [4.69, 9.17) is 0 Å². The number of amides is 1. The van der Waals surface area contributed by atoms with Crippen LogP contribution in [-0.4, -0.2) is 23.4 Å². The summed E-state index contributed by atoms with van der Waals surface area (Å²) in [4.78, 5) is 14.5. The summed E-state index contributed by atoms with van der Waals surface area (Å²) in [6, 6.07) is 4.63. The van der Waals surface area contributed by atoms with Crippen LogP contribution >= 0.6 is 15.9 Å². The van der Waals surface area contributed by atoms with Crippen molar-refractivity contribution < 1.29 is 9.18 Å². The van der Waals surface area contributed by atoms with Crippen LogP contribution in [0.4, 0.5) is 4.39 Å². The maximum Gasteiger partial charge on any atom is 0.255 e. The van der Waals surface area contributed by atoms with Crippen molar-refractivity contribution in [1.82, 2.24) is 4.90 Å². The molecule has 0 bridgehead atoms. The fourth-order valence-corrected chi connectivity index (χ4v) is 2.57. The summed E-state index contributed by atoms with van der Waals surface area (Å²) in [5, 5.41) is 0. The molecule has 2 rings (SSSR count). The van der Waals surface area contributed by atoms with E-state index < -0.39 is 0 Å². The number of rotatable bonds is 5. The fourth-order valence-electron chi connectivity index (χ4n) is 2.05. The van der Waals surface area contributed by atoms with Crippen molar-refractivity contribution in [1.29, 1.82) is 0 Å². The zero-order valence-corrected chi connectivity index (χ0v) is 12.9. The van der Waals surface area contributed by atoms with Crippen LogP contribution in [0.25, 0.3) is 0 Å². The first-order valence-corrected chi connectivity index (χ1v) is 7.54. The maximum absolute atomic E-state index is 13.1. The molecule has 1 aliphatic rings. The normalized spacial score (nSPS) is 14.8. The molecule has 0 N–H and O–H groups in total. The van der Waals surface area contributed by atoms with Gasteiger partial charge in [0.15, 0.2) is 0 Å². The highest BCUT2D eigenvalue weighted by molar-refractivity contribution is 9.10. The van der Waals surface area contributed by atoms with E-state index in [-0.39, 0.29) is 11.7 Å². The molecule has 0 aromatic heterocycles. The second-order valence-corrected chi connectivity index (χ2v) is 6.39. The molecule has 0 aliphatic heterocycles. The number of halogens is 2. The van der Waals surface area contributed by atoms with E-state index >= 15 is 0 Å². The molecule has 1 aromatic carbocycles. The Labute approximate surface area is 122 Å². The second kappa shape index (κ2) is 6.04. The van der Waals surface area contributed by atoms with Crippen LogP contribution in [0.1, 0.15) is 43.5 Å². The second-order valence-electron chi connectivity index (χ2n) is 5.54. The molecule has 1 amide bonds. The van der Waals surface area contributed by atoms with Gasteiger partial charge in [0.1, 0.15) is 5.82 Å². The largest absolute Gasteiger partial charge is 0.336 e. The number of carbonyl (C=O) groups is 1. The van der Waals surface area contributed by atoms with Gasteiger partial charge in [-0.15, -0.1) is 0 Å². The van der Waals surface area contributed by atoms with Gasteiger partial charge in [-0.1, -0.05) is 13.8 Å². The Kier molecular flexibility index (Phi) is 4.61. The van der Waals surface area contributed by atoms with E-state index in [1.807, 2.05) is 4.90 Å². The first-order chi connectivity index (χ1) is 8.99. The van der Waals surface area contributed by atoms with Crippen molar-refractivity contribution in [3.63, 3.8) is 0 Å². The lowest BCUT2D eigenvalue weighted by atomic mass is 10.1. The Bertz CT molecular complexity index is 471. The van der Waals surface area contributed by atoms with Crippen molar-refractivity contribution in [3.05, 3.63) is 34.1 Å². The average Bonchev–Trinajstić information content (AvgIpc) is 3.13. The van der Waals surface area contributed by atoms with Crippen LogP contribution in [0.2, 0.25) is 0 Å². The Balaban J connectivity index is 2.14. The number of hydrogen-bond acceptors (Lipinski definition) is 1. The van der Waals surface area contributed by atoms with Crippen LogP contribution in [0, 0.1) is 11.7 Å². The van der Waals surface area contributed by atoms with Gasteiger partial charge in [0.25, 0.3) is 5.91 Å². The van der Waals surface area contributed by atoms with Gasteiger partial charge in [-0.2, -0.15) is 0 Å². The fraction of sp³-hybridized carbons (Fsp3) is 0.533. The molecule has 0 heterocycles. The summed E-state index contributed by atoms with van der Waals surface area (Å²) < 4.78 is 13.6. The lowest BCUT2D eigenvalue weighted by Crippen LogP contribution is -2.34. The highest BCUT2D eigenvalue weighted by atomic mass is 79.9. The van der Waals surface area contributed by atoms with Crippen LogP contribution in [-0.2, 0) is 0 Å². The van der Waals surface area contributed by atoms with Gasteiger partial charge in [0, 0.05) is 17.1 Å². The maximum atomic E-state index is 13.1. The highest BCUT2D eigenvalue weighted by Gasteiger charge is 2.33. The molecule has 0 atom stereocenters. The van der Waals surface area contributed by atoms with Gasteiger partial charge in [-0.05, 0) is 59.3 Å². The molecule has 0 spiro atoms. The third kappa shape index (κ3) is 3.78. The average molecular weight is 328 g/mol. The van der Waals surface area contributed by atoms with Crippen LogP contribution < -0.4 is 0 Å². The Morgan fingerprint density at radius 3 is 2.68 bits per heavy atom. The molecule has 2 nitrogen and oxygen atoms in total. The van der Waals surface area contributed by atoms with Gasteiger partial charge in [-0.25, -0.2) is 4.39 Å². The lowest BCUT2D eigenvalue weighted by Gasteiger charge is -2.24. The Morgan fingerprint density at radius 2 is 2.16 bits per heavy atom. The minimum absolute atomic E-state index is 0.00928. The third-order valence-corrected chi connectivity index (χ3v) is 4.01. The van der Waals surface area contributed by atoms with Gasteiger partial charge < -0.3 is 4.90 Å². The van der Waals surface area contributed by atoms with Crippen molar-refractivity contribution in [2.45, 2.75) is 39.2 Å². The van der Waals surface area contributed by atoms with E-state index in [0.717, 1.165) is 25.8 Å². The lowest BCUT2D eigenvalue weighted by molar-refractivity contribution is 0.0734. The molecule has 0 radical (unpaired) electrons. The van der Waals surface area contributed by atoms with E-state index in [1.54, 1.807) is 6.07 Å². The van der Waals surface area contributed by atoms with Crippen molar-refractivity contribution in [3.8, 4) is 0 Å². The topological polar surface area (TPSA) is 20.3 Å². The predicted octanol–water partition coefficient (Wildman–Crippen LogP) is 4.24. The van der Waals surface area contributed by atoms with Gasteiger partial charge in [-0.3, -0.25) is 4.79 Å². The highest BCUT2D eigenvalue weighted by Crippen LogP contribution is 2.30. The number of benzene rings is 1. The molecular formula is C15H19BrFNO. The summed E-state index contributed by atoms with van der Waals surface area (Å²) in [6.07, 6.45) is 3.17. The number of carbonyl (C=O) groups excluding carboxylic acids is 1. The van der Waals surface area contributed by atoms with Crippen molar-refractivity contribution in [2.75, 3.05) is 6.54 Å². The summed E-state index contributed by atoms with van der Waals surface area (Å²) in [5.74, 6) is 0.254. The van der Waals surface area contributed by atoms with Crippen molar-refractivity contribution in [2.24, 2.45) is 5.92 Å².